The maximum absolute atomic E-state index is 11.3. The molecule has 0 bridgehead atoms. The molecule has 0 aromatic heterocycles. The van der Waals surface area contributed by atoms with Crippen molar-refractivity contribution in [2.75, 3.05) is 0 Å². The van der Waals surface area contributed by atoms with Crippen molar-refractivity contribution < 1.29 is 20.1 Å². The molecule has 6 atom stereocenters. The summed E-state index contributed by atoms with van der Waals surface area (Å²) in [5.41, 5.74) is 0.0839. The lowest BCUT2D eigenvalue weighted by atomic mass is 9.59. The van der Waals surface area contributed by atoms with E-state index in [1.54, 1.807) is 0 Å². The molecule has 170 valence electrons. The van der Waals surface area contributed by atoms with Gasteiger partial charge in [0, 0.05) is 0 Å². The zero-order valence-electron chi connectivity index (χ0n) is 19.6. The van der Waals surface area contributed by atoms with E-state index in [1.807, 2.05) is 13.8 Å². The quantitative estimate of drug-likeness (QED) is 0.322. The highest BCUT2D eigenvalue weighted by Crippen LogP contribution is 2.50. The van der Waals surface area contributed by atoms with Crippen LogP contribution in [0.15, 0.2) is 12.2 Å². The summed E-state index contributed by atoms with van der Waals surface area (Å²) in [7, 11) is 0. The van der Waals surface area contributed by atoms with Gasteiger partial charge in [-0.25, -0.2) is 0 Å². The second kappa shape index (κ2) is 12.1. The highest BCUT2D eigenvalue weighted by Gasteiger charge is 2.44. The van der Waals surface area contributed by atoms with Crippen LogP contribution in [0.1, 0.15) is 92.9 Å². The lowest BCUT2D eigenvalue weighted by Gasteiger charge is -2.47. The molecule has 1 saturated carbocycles. The van der Waals surface area contributed by atoms with Crippen molar-refractivity contribution in [2.45, 2.75) is 105 Å². The van der Waals surface area contributed by atoms with Crippen molar-refractivity contribution in [3.8, 4) is 0 Å². The molecule has 1 aliphatic rings. The average Bonchev–Trinajstić information content (AvgIpc) is 2.65. The topological polar surface area (TPSA) is 77.8 Å². The third-order valence-corrected chi connectivity index (χ3v) is 7.40. The van der Waals surface area contributed by atoms with E-state index in [4.69, 9.17) is 0 Å². The van der Waals surface area contributed by atoms with Gasteiger partial charge >= 0.3 is 5.97 Å². The Labute approximate surface area is 178 Å². The fourth-order valence-corrected chi connectivity index (χ4v) is 4.94. The number of aliphatic hydroxyl groups excluding tert-OH is 2. The van der Waals surface area contributed by atoms with Crippen LogP contribution < -0.4 is 0 Å². The summed E-state index contributed by atoms with van der Waals surface area (Å²) < 4.78 is 0. The van der Waals surface area contributed by atoms with E-state index in [0.717, 1.165) is 32.1 Å². The Bertz CT molecular complexity index is 509. The SMILES string of the molecule is CCC(C)CC(C)C(O)C/C=C\C1(C)CC(C(O)C(CC)CC(CC)C(=O)O)C1. The first-order valence-electron chi connectivity index (χ1n) is 11.8. The monoisotopic (exact) mass is 410 g/mol. The van der Waals surface area contributed by atoms with E-state index in [9.17, 15) is 20.1 Å². The highest BCUT2D eigenvalue weighted by atomic mass is 16.4. The van der Waals surface area contributed by atoms with Crippen LogP contribution in [0.4, 0.5) is 0 Å². The first-order valence-corrected chi connectivity index (χ1v) is 11.8. The number of rotatable bonds is 14. The summed E-state index contributed by atoms with van der Waals surface area (Å²) in [5.74, 6) is 0.146. The standard InChI is InChI=1S/C25H46O4/c1-7-17(4)13-18(5)22(26)11-10-12-25(6)15-21(16-25)23(27)19(8-2)14-20(9-3)24(28)29/h10,12,17-23,26-27H,7-9,11,13-16H2,1-6H3,(H,28,29)/b12-10-. The van der Waals surface area contributed by atoms with E-state index >= 15 is 0 Å². The Morgan fingerprint density at radius 2 is 1.69 bits per heavy atom. The predicted molar refractivity (Wildman–Crippen MR) is 120 cm³/mol. The van der Waals surface area contributed by atoms with Gasteiger partial charge in [0.25, 0.3) is 0 Å². The highest BCUT2D eigenvalue weighted by molar-refractivity contribution is 5.69. The Morgan fingerprint density at radius 1 is 1.07 bits per heavy atom. The first kappa shape index (κ1) is 26.2. The number of carbonyl (C=O) groups is 1. The van der Waals surface area contributed by atoms with Crippen LogP contribution in [-0.2, 0) is 4.79 Å². The normalized spacial score (nSPS) is 28.3. The van der Waals surface area contributed by atoms with Crippen molar-refractivity contribution in [1.82, 2.24) is 0 Å². The second-order valence-electron chi connectivity index (χ2n) is 10.1. The summed E-state index contributed by atoms with van der Waals surface area (Å²) in [4.78, 5) is 11.3. The maximum Gasteiger partial charge on any atom is 0.306 e. The summed E-state index contributed by atoms with van der Waals surface area (Å²) in [6, 6.07) is 0. The van der Waals surface area contributed by atoms with Gasteiger partial charge in [-0.1, -0.05) is 66.5 Å². The van der Waals surface area contributed by atoms with Crippen LogP contribution in [0.2, 0.25) is 0 Å². The molecule has 1 fully saturated rings. The minimum absolute atomic E-state index is 0.0535. The second-order valence-corrected chi connectivity index (χ2v) is 10.1. The van der Waals surface area contributed by atoms with E-state index in [0.29, 0.717) is 31.1 Å². The van der Waals surface area contributed by atoms with Crippen molar-refractivity contribution >= 4 is 5.97 Å². The molecule has 0 radical (unpaired) electrons. The number of hydrogen-bond donors (Lipinski definition) is 3. The molecule has 0 aromatic rings. The van der Waals surface area contributed by atoms with Gasteiger partial charge in [0.05, 0.1) is 18.1 Å². The van der Waals surface area contributed by atoms with Gasteiger partial charge in [-0.05, 0) is 67.6 Å². The molecule has 0 heterocycles. The minimum Gasteiger partial charge on any atom is -0.481 e. The Hall–Kier alpha value is -0.870. The lowest BCUT2D eigenvalue weighted by molar-refractivity contribution is -0.143. The van der Waals surface area contributed by atoms with Crippen molar-refractivity contribution in [1.29, 1.82) is 0 Å². The molecule has 0 aliphatic heterocycles. The van der Waals surface area contributed by atoms with Gasteiger partial charge in [0.15, 0.2) is 0 Å². The molecule has 4 heteroatoms. The molecular formula is C25H46O4. The Balaban J connectivity index is 2.50. The van der Waals surface area contributed by atoms with Crippen LogP contribution >= 0.6 is 0 Å². The lowest BCUT2D eigenvalue weighted by Crippen LogP contribution is -2.43. The molecule has 0 saturated heterocycles. The summed E-state index contributed by atoms with van der Waals surface area (Å²) >= 11 is 0. The molecule has 3 N–H and O–H groups in total. The van der Waals surface area contributed by atoms with Crippen LogP contribution in [0, 0.1) is 35.0 Å². The number of carboxylic acids is 1. The molecule has 1 aliphatic carbocycles. The fourth-order valence-electron chi connectivity index (χ4n) is 4.94. The molecule has 0 amide bonds. The number of allylic oxidation sites excluding steroid dienone is 1. The van der Waals surface area contributed by atoms with Crippen molar-refractivity contribution in [2.24, 2.45) is 35.0 Å². The summed E-state index contributed by atoms with van der Waals surface area (Å²) in [6.45, 7) is 12.7. The maximum atomic E-state index is 11.3. The van der Waals surface area contributed by atoms with Crippen LogP contribution in [0.3, 0.4) is 0 Å². The van der Waals surface area contributed by atoms with Gasteiger partial charge in [0.1, 0.15) is 0 Å². The van der Waals surface area contributed by atoms with Crippen LogP contribution in [0.5, 0.6) is 0 Å². The van der Waals surface area contributed by atoms with E-state index in [2.05, 4.69) is 39.8 Å². The third kappa shape index (κ3) is 8.05. The molecule has 4 nitrogen and oxygen atoms in total. The predicted octanol–water partition coefficient (Wildman–Crippen LogP) is 5.67. The van der Waals surface area contributed by atoms with Crippen molar-refractivity contribution in [3.05, 3.63) is 12.2 Å². The molecule has 0 aromatic carbocycles. The zero-order valence-corrected chi connectivity index (χ0v) is 19.6. The van der Waals surface area contributed by atoms with Gasteiger partial charge in [-0.3, -0.25) is 4.79 Å². The smallest absolute Gasteiger partial charge is 0.306 e. The molecule has 0 spiro atoms. The van der Waals surface area contributed by atoms with E-state index < -0.39 is 12.1 Å². The Morgan fingerprint density at radius 3 is 2.17 bits per heavy atom. The van der Waals surface area contributed by atoms with E-state index in [1.165, 1.54) is 0 Å². The molecule has 6 unspecified atom stereocenters. The van der Waals surface area contributed by atoms with Gasteiger partial charge in [-0.2, -0.15) is 0 Å². The van der Waals surface area contributed by atoms with Gasteiger partial charge in [-0.15, -0.1) is 0 Å². The Kier molecular flexibility index (Phi) is 10.9. The van der Waals surface area contributed by atoms with Crippen LogP contribution in [-0.4, -0.2) is 33.5 Å². The summed E-state index contributed by atoms with van der Waals surface area (Å²) in [6.07, 6.45) is 10.4. The molecule has 1 rings (SSSR count). The van der Waals surface area contributed by atoms with E-state index in [-0.39, 0.29) is 29.3 Å². The first-order chi connectivity index (χ1) is 13.6. The zero-order chi connectivity index (χ0) is 22.2. The number of hydrogen-bond acceptors (Lipinski definition) is 3. The minimum atomic E-state index is -0.749. The number of aliphatic carboxylic acids is 1. The van der Waals surface area contributed by atoms with Gasteiger partial charge in [0.2, 0.25) is 0 Å². The number of aliphatic hydroxyl groups is 2. The third-order valence-electron chi connectivity index (χ3n) is 7.40. The van der Waals surface area contributed by atoms with Gasteiger partial charge < -0.3 is 15.3 Å². The molecule has 29 heavy (non-hydrogen) atoms. The fraction of sp³-hybridized carbons (Fsp3) is 0.880. The largest absolute Gasteiger partial charge is 0.481 e. The number of carboxylic acid groups (broad SMARTS) is 1. The summed E-state index contributed by atoms with van der Waals surface area (Å²) in [5, 5.41) is 30.6. The van der Waals surface area contributed by atoms with Crippen molar-refractivity contribution in [3.63, 3.8) is 0 Å². The average molecular weight is 411 g/mol. The molecular weight excluding hydrogens is 364 g/mol. The van der Waals surface area contributed by atoms with Crippen LogP contribution in [0.25, 0.3) is 0 Å².